The lowest BCUT2D eigenvalue weighted by Gasteiger charge is -2.63. The molecule has 144 valence electrons. The zero-order valence-electron chi connectivity index (χ0n) is 16.3. The first-order valence-corrected chi connectivity index (χ1v) is 10.3. The Bertz CT molecular complexity index is 682. The first-order chi connectivity index (χ1) is 12.1. The number of hydrogen-bond acceptors (Lipinski definition) is 3. The van der Waals surface area contributed by atoms with Gasteiger partial charge in [-0.15, -0.1) is 0 Å². The summed E-state index contributed by atoms with van der Waals surface area (Å²) in [4.78, 5) is 23.6. The number of carbonyl (C=O) groups is 2. The Morgan fingerprint density at radius 2 is 1.85 bits per heavy atom. The van der Waals surface area contributed by atoms with E-state index < -0.39 is 11.6 Å². The molecular weight excluding hydrogens is 328 g/mol. The highest BCUT2D eigenvalue weighted by molar-refractivity contribution is 5.91. The van der Waals surface area contributed by atoms with Crippen LogP contribution in [0.2, 0.25) is 0 Å². The number of aliphatic carboxylic acids is 1. The normalized spacial score (nSPS) is 48.8. The number of ketones is 1. The molecule has 0 aliphatic heterocycles. The Balaban J connectivity index is 1.70. The van der Waals surface area contributed by atoms with E-state index in [4.69, 9.17) is 0 Å². The average Bonchev–Trinajstić information content (AvgIpc) is 2.93. The fourth-order valence-corrected chi connectivity index (χ4v) is 7.53. The van der Waals surface area contributed by atoms with Crippen LogP contribution in [0.15, 0.2) is 11.6 Å². The third kappa shape index (κ3) is 2.17. The van der Waals surface area contributed by atoms with Gasteiger partial charge in [0, 0.05) is 11.8 Å². The first-order valence-electron chi connectivity index (χ1n) is 10.3. The van der Waals surface area contributed by atoms with E-state index in [2.05, 4.69) is 13.8 Å². The zero-order valence-corrected chi connectivity index (χ0v) is 16.3. The molecule has 0 heterocycles. The summed E-state index contributed by atoms with van der Waals surface area (Å²) < 4.78 is 0. The summed E-state index contributed by atoms with van der Waals surface area (Å²) in [5, 5.41) is 21.5. The van der Waals surface area contributed by atoms with E-state index in [0.29, 0.717) is 12.3 Å². The molecule has 26 heavy (non-hydrogen) atoms. The molecule has 7 atom stereocenters. The van der Waals surface area contributed by atoms with Gasteiger partial charge in [-0.05, 0) is 74.2 Å². The Morgan fingerprint density at radius 3 is 2.54 bits per heavy atom. The Hall–Kier alpha value is -1.16. The van der Waals surface area contributed by atoms with Crippen LogP contribution in [-0.4, -0.2) is 27.6 Å². The summed E-state index contributed by atoms with van der Waals surface area (Å²) in [6, 6.07) is 0. The van der Waals surface area contributed by atoms with E-state index in [0.717, 1.165) is 50.5 Å². The van der Waals surface area contributed by atoms with Crippen LogP contribution in [0.25, 0.3) is 0 Å². The van der Waals surface area contributed by atoms with E-state index >= 15 is 0 Å². The number of aliphatic hydroxyl groups is 1. The third-order valence-electron chi connectivity index (χ3n) is 9.22. The topological polar surface area (TPSA) is 74.6 Å². The van der Waals surface area contributed by atoms with Gasteiger partial charge in [-0.25, -0.2) is 0 Å². The van der Waals surface area contributed by atoms with Gasteiger partial charge in [0.2, 0.25) is 0 Å². The standard InChI is InChI=1S/C22H32O4/c1-13(19(24)25)16-6-7-17-18-5-4-14-12-15(23)8-9-21(14,3)22(18,26)11-10-20(16,17)2/h12-13,16-18,26H,4-11H2,1-3H3,(H,24,25)/t13?,16-,17+,18+,20-,21+,22-/m1/s1. The van der Waals surface area contributed by atoms with Gasteiger partial charge in [-0.2, -0.15) is 0 Å². The predicted octanol–water partition coefficient (Wildman–Crippen LogP) is 3.97. The number of hydrogen-bond donors (Lipinski definition) is 2. The SMILES string of the molecule is CC(C(=O)O)[C@H]1CC[C@H]2[C@@H]3CCC4=CC(=O)CC[C@]4(C)[C@@]3(O)CC[C@]12C. The fraction of sp³-hybridized carbons (Fsp3) is 0.818. The summed E-state index contributed by atoms with van der Waals surface area (Å²) in [6.07, 6.45) is 8.55. The minimum absolute atomic E-state index is 0.0107. The highest BCUT2D eigenvalue weighted by atomic mass is 16.4. The molecule has 4 aliphatic carbocycles. The molecule has 0 aromatic carbocycles. The van der Waals surface area contributed by atoms with Crippen LogP contribution in [0.3, 0.4) is 0 Å². The Kier molecular flexibility index (Phi) is 3.97. The molecule has 4 nitrogen and oxygen atoms in total. The van der Waals surface area contributed by atoms with Crippen molar-refractivity contribution in [3.63, 3.8) is 0 Å². The van der Waals surface area contributed by atoms with Crippen LogP contribution in [0, 0.1) is 34.5 Å². The summed E-state index contributed by atoms with van der Waals surface area (Å²) in [7, 11) is 0. The van der Waals surface area contributed by atoms with Crippen molar-refractivity contribution in [3.8, 4) is 0 Å². The van der Waals surface area contributed by atoms with Crippen molar-refractivity contribution in [2.75, 3.05) is 0 Å². The van der Waals surface area contributed by atoms with E-state index in [1.54, 1.807) is 0 Å². The second kappa shape index (κ2) is 5.67. The van der Waals surface area contributed by atoms with Gasteiger partial charge in [-0.3, -0.25) is 9.59 Å². The van der Waals surface area contributed by atoms with E-state index in [9.17, 15) is 19.8 Å². The monoisotopic (exact) mass is 360 g/mol. The van der Waals surface area contributed by atoms with Crippen molar-refractivity contribution in [1.82, 2.24) is 0 Å². The van der Waals surface area contributed by atoms with Crippen LogP contribution in [0.5, 0.6) is 0 Å². The molecule has 1 unspecified atom stereocenters. The molecule has 0 bridgehead atoms. The van der Waals surface area contributed by atoms with Crippen LogP contribution < -0.4 is 0 Å². The number of carbonyl (C=O) groups excluding carboxylic acids is 1. The van der Waals surface area contributed by atoms with Gasteiger partial charge in [0.1, 0.15) is 0 Å². The maximum Gasteiger partial charge on any atom is 0.306 e. The molecule has 0 aromatic heterocycles. The highest BCUT2D eigenvalue weighted by Crippen LogP contribution is 2.68. The quantitative estimate of drug-likeness (QED) is 0.781. The predicted molar refractivity (Wildman–Crippen MR) is 98.5 cm³/mol. The molecule has 0 saturated heterocycles. The lowest BCUT2D eigenvalue weighted by molar-refractivity contribution is -0.194. The van der Waals surface area contributed by atoms with Crippen molar-refractivity contribution >= 4 is 11.8 Å². The van der Waals surface area contributed by atoms with Crippen molar-refractivity contribution in [2.24, 2.45) is 34.5 Å². The average molecular weight is 360 g/mol. The zero-order chi connectivity index (χ0) is 18.9. The molecule has 3 fully saturated rings. The molecule has 0 amide bonds. The largest absolute Gasteiger partial charge is 0.481 e. The van der Waals surface area contributed by atoms with E-state index in [1.165, 1.54) is 0 Å². The molecule has 0 radical (unpaired) electrons. The van der Waals surface area contributed by atoms with Crippen molar-refractivity contribution in [1.29, 1.82) is 0 Å². The number of fused-ring (bicyclic) bond motifs is 5. The minimum Gasteiger partial charge on any atom is -0.481 e. The lowest BCUT2D eigenvalue weighted by atomic mass is 9.44. The van der Waals surface area contributed by atoms with Crippen LogP contribution in [0.1, 0.15) is 72.1 Å². The smallest absolute Gasteiger partial charge is 0.306 e. The maximum absolute atomic E-state index is 12.0. The van der Waals surface area contributed by atoms with Crippen LogP contribution >= 0.6 is 0 Å². The minimum atomic E-state index is -0.747. The molecule has 4 aliphatic rings. The van der Waals surface area contributed by atoms with Crippen LogP contribution in [0.4, 0.5) is 0 Å². The van der Waals surface area contributed by atoms with Gasteiger partial charge in [0.15, 0.2) is 5.78 Å². The number of carboxylic acids is 1. The van der Waals surface area contributed by atoms with Crippen LogP contribution in [-0.2, 0) is 9.59 Å². The summed E-state index contributed by atoms with van der Waals surface area (Å²) >= 11 is 0. The molecule has 3 saturated carbocycles. The van der Waals surface area contributed by atoms with E-state index in [-0.39, 0.29) is 34.4 Å². The number of carboxylic acid groups (broad SMARTS) is 1. The Morgan fingerprint density at radius 1 is 1.12 bits per heavy atom. The summed E-state index contributed by atoms with van der Waals surface area (Å²) in [5.74, 6) is 0.0118. The maximum atomic E-state index is 12.0. The highest BCUT2D eigenvalue weighted by Gasteiger charge is 2.66. The van der Waals surface area contributed by atoms with Gasteiger partial charge in [0.05, 0.1) is 11.5 Å². The molecular formula is C22H32O4. The molecule has 0 spiro atoms. The third-order valence-corrected chi connectivity index (χ3v) is 9.22. The second-order valence-corrected chi connectivity index (χ2v) is 9.96. The van der Waals surface area contributed by atoms with Gasteiger partial charge < -0.3 is 10.2 Å². The van der Waals surface area contributed by atoms with Crippen molar-refractivity contribution in [3.05, 3.63) is 11.6 Å². The summed E-state index contributed by atoms with van der Waals surface area (Å²) in [5.41, 5.74) is 0.131. The first kappa shape index (κ1) is 18.2. The molecule has 0 aromatic rings. The van der Waals surface area contributed by atoms with Crippen molar-refractivity contribution < 1.29 is 19.8 Å². The lowest BCUT2D eigenvalue weighted by Crippen LogP contribution is -2.63. The second-order valence-electron chi connectivity index (χ2n) is 9.96. The summed E-state index contributed by atoms with van der Waals surface area (Å²) in [6.45, 7) is 6.32. The molecule has 2 N–H and O–H groups in total. The van der Waals surface area contributed by atoms with Gasteiger partial charge in [-0.1, -0.05) is 26.3 Å². The van der Waals surface area contributed by atoms with Gasteiger partial charge in [0.25, 0.3) is 0 Å². The molecule has 4 rings (SSSR count). The molecule has 4 heteroatoms. The van der Waals surface area contributed by atoms with E-state index in [1.807, 2.05) is 13.0 Å². The number of rotatable bonds is 2. The van der Waals surface area contributed by atoms with Gasteiger partial charge >= 0.3 is 5.97 Å². The van der Waals surface area contributed by atoms with Crippen molar-refractivity contribution in [2.45, 2.75) is 77.7 Å². The fourth-order valence-electron chi connectivity index (χ4n) is 7.53. The Labute approximate surface area is 156 Å².